The number of aliphatic hydroxyl groups is 1. The second-order valence-electron chi connectivity index (χ2n) is 2.02. The van der Waals surface area contributed by atoms with Crippen LogP contribution in [0.5, 0.6) is 0 Å². The van der Waals surface area contributed by atoms with E-state index in [1.165, 1.54) is 12.6 Å². The van der Waals surface area contributed by atoms with E-state index in [0.29, 0.717) is 12.8 Å². The summed E-state index contributed by atoms with van der Waals surface area (Å²) in [5.41, 5.74) is 0. The molecule has 2 N–H and O–H groups in total. The fourth-order valence-electron chi connectivity index (χ4n) is 0.239. The van der Waals surface area contributed by atoms with E-state index in [4.69, 9.17) is 10.5 Å². The second-order valence-corrected chi connectivity index (χ2v) is 2.02. The number of allylic oxidation sites excluding steroid dienone is 1. The fraction of sp³-hybridized carbons (Fsp3) is 0.625. The first-order valence-corrected chi connectivity index (χ1v) is 3.54. The van der Waals surface area contributed by atoms with E-state index in [1.807, 2.05) is 0 Å². The average molecular weight is 143 g/mol. The van der Waals surface area contributed by atoms with Crippen LogP contribution in [0.4, 0.5) is 0 Å². The lowest BCUT2D eigenvalue weighted by Crippen LogP contribution is -1.77. The number of nitrogens with one attached hydrogen (secondary N) is 1. The van der Waals surface area contributed by atoms with Crippen molar-refractivity contribution in [3.05, 3.63) is 12.3 Å². The van der Waals surface area contributed by atoms with Crippen LogP contribution in [0, 0.1) is 5.41 Å². The Hall–Kier alpha value is -0.790. The van der Waals surface area contributed by atoms with Crippen molar-refractivity contribution in [2.75, 3.05) is 0 Å². The molecule has 0 saturated carbocycles. The summed E-state index contributed by atoms with van der Waals surface area (Å²) in [5, 5.41) is 14.9. The molecule has 0 amide bonds. The van der Waals surface area contributed by atoms with E-state index in [-0.39, 0.29) is 5.76 Å². The highest BCUT2D eigenvalue weighted by atomic mass is 16.3. The van der Waals surface area contributed by atoms with Gasteiger partial charge in [0.2, 0.25) is 0 Å². The standard InChI is InChI=1S/C5H9NO.C3H8/c1-5(7)3-2-4-6;1-3-2/h4,6-7H,1-3H2;3H2,1-2H3. The zero-order chi connectivity index (χ0) is 8.41. The quantitative estimate of drug-likeness (QED) is 0.463. The number of hydrogen-bond donors (Lipinski definition) is 2. The molecule has 0 spiro atoms. The summed E-state index contributed by atoms with van der Waals surface area (Å²) >= 11 is 0. The third-order valence-electron chi connectivity index (χ3n) is 0.577. The third-order valence-corrected chi connectivity index (χ3v) is 0.577. The highest BCUT2D eigenvalue weighted by Crippen LogP contribution is 1.92. The van der Waals surface area contributed by atoms with Gasteiger partial charge in [0.15, 0.2) is 0 Å². The molecule has 0 atom stereocenters. The lowest BCUT2D eigenvalue weighted by atomic mass is 10.3. The lowest BCUT2D eigenvalue weighted by Gasteiger charge is -1.87. The maximum Gasteiger partial charge on any atom is 0.0854 e. The lowest BCUT2D eigenvalue weighted by molar-refractivity contribution is 0.394. The Kier molecular flexibility index (Phi) is 13.2. The normalized spacial score (nSPS) is 7.40. The van der Waals surface area contributed by atoms with Crippen molar-refractivity contribution in [1.29, 1.82) is 5.41 Å². The Balaban J connectivity index is 0. The first-order valence-electron chi connectivity index (χ1n) is 3.54. The zero-order valence-corrected chi connectivity index (χ0v) is 6.85. The van der Waals surface area contributed by atoms with Crippen LogP contribution in [0.3, 0.4) is 0 Å². The molecule has 0 aromatic rings. The largest absolute Gasteiger partial charge is 0.513 e. The molecular formula is C8H17NO. The van der Waals surface area contributed by atoms with Gasteiger partial charge in [-0.05, 0) is 12.6 Å². The molecule has 0 aliphatic carbocycles. The Morgan fingerprint density at radius 3 is 2.10 bits per heavy atom. The highest BCUT2D eigenvalue weighted by Gasteiger charge is 1.82. The van der Waals surface area contributed by atoms with Gasteiger partial charge in [0.1, 0.15) is 0 Å². The SMILES string of the molecule is C=C(O)CCC=N.CCC. The van der Waals surface area contributed by atoms with Crippen molar-refractivity contribution in [2.45, 2.75) is 33.1 Å². The van der Waals surface area contributed by atoms with Gasteiger partial charge in [-0.3, -0.25) is 0 Å². The zero-order valence-electron chi connectivity index (χ0n) is 6.85. The molecule has 60 valence electrons. The van der Waals surface area contributed by atoms with E-state index in [9.17, 15) is 0 Å². The van der Waals surface area contributed by atoms with Gasteiger partial charge in [0, 0.05) is 6.42 Å². The van der Waals surface area contributed by atoms with Gasteiger partial charge in [0.05, 0.1) is 5.76 Å². The van der Waals surface area contributed by atoms with E-state index in [0.717, 1.165) is 0 Å². The van der Waals surface area contributed by atoms with Gasteiger partial charge >= 0.3 is 0 Å². The molecule has 0 heterocycles. The first-order chi connectivity index (χ1) is 4.68. The van der Waals surface area contributed by atoms with Crippen LogP contribution in [0.15, 0.2) is 12.3 Å². The van der Waals surface area contributed by atoms with Crippen molar-refractivity contribution >= 4 is 6.21 Å². The number of hydrogen-bond acceptors (Lipinski definition) is 2. The molecule has 0 aromatic heterocycles. The Labute approximate surface area is 63.1 Å². The minimum atomic E-state index is 0.156. The molecule has 0 rings (SSSR count). The Morgan fingerprint density at radius 2 is 2.00 bits per heavy atom. The summed E-state index contributed by atoms with van der Waals surface area (Å²) in [6.07, 6.45) is 3.61. The summed E-state index contributed by atoms with van der Waals surface area (Å²) in [6, 6.07) is 0. The molecule has 2 heteroatoms. The third kappa shape index (κ3) is 27.0. The van der Waals surface area contributed by atoms with Gasteiger partial charge in [-0.25, -0.2) is 0 Å². The topological polar surface area (TPSA) is 44.1 Å². The summed E-state index contributed by atoms with van der Waals surface area (Å²) in [5.74, 6) is 0.156. The van der Waals surface area contributed by atoms with Crippen molar-refractivity contribution in [2.24, 2.45) is 0 Å². The molecular weight excluding hydrogens is 126 g/mol. The van der Waals surface area contributed by atoms with Crippen molar-refractivity contribution in [1.82, 2.24) is 0 Å². The molecule has 2 nitrogen and oxygen atoms in total. The monoisotopic (exact) mass is 143 g/mol. The van der Waals surface area contributed by atoms with Crippen LogP contribution >= 0.6 is 0 Å². The van der Waals surface area contributed by atoms with Crippen LogP contribution < -0.4 is 0 Å². The first kappa shape index (κ1) is 11.9. The molecule has 0 aliphatic rings. The van der Waals surface area contributed by atoms with Gasteiger partial charge in [-0.1, -0.05) is 26.8 Å². The Morgan fingerprint density at radius 1 is 1.60 bits per heavy atom. The number of aliphatic hydroxyl groups excluding tert-OH is 1. The van der Waals surface area contributed by atoms with E-state index < -0.39 is 0 Å². The van der Waals surface area contributed by atoms with Crippen molar-refractivity contribution in [3.63, 3.8) is 0 Å². The van der Waals surface area contributed by atoms with Gasteiger partial charge < -0.3 is 10.5 Å². The number of rotatable bonds is 3. The fourth-order valence-corrected chi connectivity index (χ4v) is 0.239. The van der Waals surface area contributed by atoms with Crippen molar-refractivity contribution < 1.29 is 5.11 Å². The van der Waals surface area contributed by atoms with Crippen LogP contribution in [-0.4, -0.2) is 11.3 Å². The molecule has 0 unspecified atom stereocenters. The predicted molar refractivity (Wildman–Crippen MR) is 45.8 cm³/mol. The Bertz CT molecular complexity index is 89.3. The molecule has 0 aliphatic heterocycles. The van der Waals surface area contributed by atoms with Crippen molar-refractivity contribution in [3.8, 4) is 0 Å². The highest BCUT2D eigenvalue weighted by molar-refractivity contribution is 5.53. The molecule has 0 saturated heterocycles. The minimum Gasteiger partial charge on any atom is -0.513 e. The van der Waals surface area contributed by atoms with Crippen LogP contribution in [-0.2, 0) is 0 Å². The molecule has 0 bridgehead atoms. The maximum absolute atomic E-state index is 8.39. The molecule has 0 aromatic carbocycles. The maximum atomic E-state index is 8.39. The van der Waals surface area contributed by atoms with Gasteiger partial charge in [-0.15, -0.1) is 0 Å². The van der Waals surface area contributed by atoms with E-state index in [2.05, 4.69) is 20.4 Å². The summed E-state index contributed by atoms with van der Waals surface area (Å²) in [6.45, 7) is 7.49. The summed E-state index contributed by atoms with van der Waals surface area (Å²) in [7, 11) is 0. The van der Waals surface area contributed by atoms with Gasteiger partial charge in [-0.2, -0.15) is 0 Å². The molecule has 0 fully saturated rings. The van der Waals surface area contributed by atoms with E-state index in [1.54, 1.807) is 0 Å². The van der Waals surface area contributed by atoms with Crippen LogP contribution in [0.25, 0.3) is 0 Å². The predicted octanol–water partition coefficient (Wildman–Crippen LogP) is 2.90. The van der Waals surface area contributed by atoms with Crippen LogP contribution in [0.1, 0.15) is 33.1 Å². The summed E-state index contributed by atoms with van der Waals surface area (Å²) < 4.78 is 0. The van der Waals surface area contributed by atoms with Gasteiger partial charge in [0.25, 0.3) is 0 Å². The molecule has 10 heavy (non-hydrogen) atoms. The van der Waals surface area contributed by atoms with E-state index >= 15 is 0 Å². The van der Waals surface area contributed by atoms with Crippen LogP contribution in [0.2, 0.25) is 0 Å². The molecule has 0 radical (unpaired) electrons. The minimum absolute atomic E-state index is 0.156. The smallest absolute Gasteiger partial charge is 0.0854 e. The average Bonchev–Trinajstić information content (AvgIpc) is 1.85. The summed E-state index contributed by atoms with van der Waals surface area (Å²) in [4.78, 5) is 0. The second kappa shape index (κ2) is 11.1.